The van der Waals surface area contributed by atoms with E-state index in [9.17, 15) is 9.18 Å². The predicted octanol–water partition coefficient (Wildman–Crippen LogP) is 2.74. The molecular weight excluding hydrogens is 427 g/mol. The van der Waals surface area contributed by atoms with E-state index in [2.05, 4.69) is 25.1 Å². The zero-order chi connectivity index (χ0) is 22.5. The van der Waals surface area contributed by atoms with E-state index in [1.807, 2.05) is 31.3 Å². The molecule has 10 nitrogen and oxygen atoms in total. The van der Waals surface area contributed by atoms with Crippen molar-refractivity contribution in [2.45, 2.75) is 19.4 Å². The molecule has 0 aliphatic carbocycles. The molecule has 0 fully saturated rings. The van der Waals surface area contributed by atoms with Crippen LogP contribution >= 0.6 is 0 Å². The maximum absolute atomic E-state index is 14.1. The Hall–Kier alpha value is -4.41. The molecule has 1 atom stereocenters. The van der Waals surface area contributed by atoms with Gasteiger partial charge in [0.1, 0.15) is 6.04 Å². The van der Waals surface area contributed by atoms with E-state index in [4.69, 9.17) is 9.52 Å². The molecule has 1 amide bonds. The molecule has 6 heterocycles. The molecule has 6 rings (SSSR count). The molecule has 1 aliphatic heterocycles. The number of halogens is 1. The van der Waals surface area contributed by atoms with Gasteiger partial charge in [-0.1, -0.05) is 6.07 Å². The molecule has 0 spiro atoms. The average molecular weight is 444 g/mol. The van der Waals surface area contributed by atoms with Crippen LogP contribution in [0.5, 0.6) is 0 Å². The Morgan fingerprint density at radius 3 is 3.00 bits per heavy atom. The second-order valence-electron chi connectivity index (χ2n) is 7.75. The summed E-state index contributed by atoms with van der Waals surface area (Å²) in [4.78, 5) is 26.6. The minimum Gasteiger partial charge on any atom is -0.411 e. The molecule has 0 bridgehead atoms. The van der Waals surface area contributed by atoms with Crippen LogP contribution in [0, 0.1) is 12.7 Å². The number of hydrogen-bond acceptors (Lipinski definition) is 7. The van der Waals surface area contributed by atoms with Gasteiger partial charge in [0, 0.05) is 31.1 Å². The standard InChI is InChI=1S/C22H17FN8O2/c1-12-4-3-8-31-16(12)10-15(29-31)19-18-14(25-11-26-18)6-9-30(19)22(32)21-28-27-20(33-21)17-13(23)5-2-7-24-17/h2-5,7-8,10-11,19H,6,9H2,1H3,(H,25,26). The molecular formula is C22H17FN8O2. The number of aromatic amines is 1. The lowest BCUT2D eigenvalue weighted by molar-refractivity contribution is 0.0646. The highest BCUT2D eigenvalue weighted by molar-refractivity contribution is 5.90. The monoisotopic (exact) mass is 444 g/mol. The predicted molar refractivity (Wildman–Crippen MR) is 113 cm³/mol. The van der Waals surface area contributed by atoms with Gasteiger partial charge in [0.05, 0.1) is 23.2 Å². The number of nitrogens with one attached hydrogen (secondary N) is 1. The first-order valence-corrected chi connectivity index (χ1v) is 10.3. The van der Waals surface area contributed by atoms with Crippen molar-refractivity contribution in [1.82, 2.24) is 39.7 Å². The van der Waals surface area contributed by atoms with Gasteiger partial charge in [0.15, 0.2) is 11.5 Å². The summed E-state index contributed by atoms with van der Waals surface area (Å²) in [5, 5.41) is 12.4. The fourth-order valence-corrected chi connectivity index (χ4v) is 4.18. The first-order valence-electron chi connectivity index (χ1n) is 10.3. The number of pyridine rings is 2. The summed E-state index contributed by atoms with van der Waals surface area (Å²) in [6.45, 7) is 2.39. The van der Waals surface area contributed by atoms with Crippen molar-refractivity contribution in [3.8, 4) is 11.6 Å². The quantitative estimate of drug-likeness (QED) is 0.455. The van der Waals surface area contributed by atoms with Gasteiger partial charge in [-0.25, -0.2) is 18.9 Å². The largest absolute Gasteiger partial charge is 0.411 e. The normalized spacial score (nSPS) is 15.7. The van der Waals surface area contributed by atoms with Crippen LogP contribution in [0.3, 0.4) is 0 Å². The minimum atomic E-state index is -0.614. The third-order valence-corrected chi connectivity index (χ3v) is 5.77. The minimum absolute atomic E-state index is 0.107. The number of fused-ring (bicyclic) bond motifs is 2. The number of carbonyl (C=O) groups excluding carboxylic acids is 1. The first kappa shape index (κ1) is 19.3. The molecule has 1 unspecified atom stereocenters. The fourth-order valence-electron chi connectivity index (χ4n) is 4.18. The molecule has 0 radical (unpaired) electrons. The van der Waals surface area contributed by atoms with Gasteiger partial charge in [-0.2, -0.15) is 5.10 Å². The van der Waals surface area contributed by atoms with Crippen molar-refractivity contribution >= 4 is 11.4 Å². The number of rotatable bonds is 3. The smallest absolute Gasteiger partial charge is 0.312 e. The van der Waals surface area contributed by atoms with Crippen molar-refractivity contribution in [1.29, 1.82) is 0 Å². The van der Waals surface area contributed by atoms with Crippen LogP contribution in [0.4, 0.5) is 4.39 Å². The summed E-state index contributed by atoms with van der Waals surface area (Å²) in [7, 11) is 0. The Balaban J connectivity index is 1.41. The van der Waals surface area contributed by atoms with Crippen molar-refractivity contribution in [3.05, 3.63) is 83.4 Å². The number of imidazole rings is 1. The number of aryl methyl sites for hydroxylation is 1. The molecule has 1 N–H and O–H groups in total. The zero-order valence-electron chi connectivity index (χ0n) is 17.4. The highest BCUT2D eigenvalue weighted by Gasteiger charge is 2.38. The lowest BCUT2D eigenvalue weighted by Gasteiger charge is -2.32. The Morgan fingerprint density at radius 2 is 2.15 bits per heavy atom. The Kier molecular flexibility index (Phi) is 4.28. The zero-order valence-corrected chi connectivity index (χ0v) is 17.4. The molecule has 1 aliphatic rings. The molecule has 0 saturated carbocycles. The number of carbonyl (C=O) groups is 1. The van der Waals surface area contributed by atoms with E-state index in [0.29, 0.717) is 24.4 Å². The summed E-state index contributed by atoms with van der Waals surface area (Å²) >= 11 is 0. The van der Waals surface area contributed by atoms with Crippen LogP contribution in [-0.4, -0.2) is 52.1 Å². The Morgan fingerprint density at radius 1 is 1.24 bits per heavy atom. The second kappa shape index (κ2) is 7.33. The van der Waals surface area contributed by atoms with Crippen LogP contribution in [0.25, 0.3) is 17.1 Å². The molecule has 164 valence electrons. The number of hydrogen-bond donors (Lipinski definition) is 1. The maximum Gasteiger partial charge on any atom is 0.312 e. The third-order valence-electron chi connectivity index (χ3n) is 5.77. The SMILES string of the molecule is Cc1cccn2nc(C3c4nc[nH]c4CCN3C(=O)c3nnc(-c4ncccc4F)o3)cc12. The summed E-state index contributed by atoms with van der Waals surface area (Å²) in [5.41, 5.74) is 4.22. The van der Waals surface area contributed by atoms with E-state index in [0.717, 1.165) is 16.8 Å². The lowest BCUT2D eigenvalue weighted by atomic mass is 9.99. The van der Waals surface area contributed by atoms with E-state index < -0.39 is 17.8 Å². The summed E-state index contributed by atoms with van der Waals surface area (Å²) in [6, 6.07) is 8.01. The molecule has 0 saturated heterocycles. The number of aromatic nitrogens is 7. The van der Waals surface area contributed by atoms with Gasteiger partial charge in [0.25, 0.3) is 5.89 Å². The summed E-state index contributed by atoms with van der Waals surface area (Å²) in [5.74, 6) is -1.51. The van der Waals surface area contributed by atoms with Crippen LogP contribution in [-0.2, 0) is 6.42 Å². The molecule has 11 heteroatoms. The third kappa shape index (κ3) is 3.08. The second-order valence-corrected chi connectivity index (χ2v) is 7.75. The number of H-pyrrole nitrogens is 1. The van der Waals surface area contributed by atoms with Crippen LogP contribution in [0.2, 0.25) is 0 Å². The van der Waals surface area contributed by atoms with E-state index in [-0.39, 0.29) is 17.5 Å². The van der Waals surface area contributed by atoms with E-state index in [1.54, 1.807) is 15.7 Å². The molecule has 5 aromatic rings. The lowest BCUT2D eigenvalue weighted by Crippen LogP contribution is -2.41. The van der Waals surface area contributed by atoms with Gasteiger partial charge in [-0.3, -0.25) is 4.79 Å². The van der Waals surface area contributed by atoms with Crippen molar-refractivity contribution in [2.75, 3.05) is 6.54 Å². The molecule has 33 heavy (non-hydrogen) atoms. The van der Waals surface area contributed by atoms with Crippen LogP contribution in [0.1, 0.15) is 39.4 Å². The summed E-state index contributed by atoms with van der Waals surface area (Å²) in [6.07, 6.45) is 5.47. The van der Waals surface area contributed by atoms with Gasteiger partial charge in [0.2, 0.25) is 0 Å². The van der Waals surface area contributed by atoms with Gasteiger partial charge in [-0.05, 0) is 36.8 Å². The van der Waals surface area contributed by atoms with Crippen LogP contribution in [0.15, 0.2) is 53.5 Å². The Bertz CT molecular complexity index is 1500. The molecule has 0 aromatic carbocycles. The first-order chi connectivity index (χ1) is 16.1. The highest BCUT2D eigenvalue weighted by Crippen LogP contribution is 2.34. The van der Waals surface area contributed by atoms with Crippen molar-refractivity contribution < 1.29 is 13.6 Å². The van der Waals surface area contributed by atoms with Gasteiger partial charge >= 0.3 is 11.8 Å². The Labute approximate surface area is 186 Å². The fraction of sp³-hybridized carbons (Fsp3) is 0.182. The van der Waals surface area contributed by atoms with Gasteiger partial charge in [-0.15, -0.1) is 10.2 Å². The highest BCUT2D eigenvalue weighted by atomic mass is 19.1. The van der Waals surface area contributed by atoms with Crippen molar-refractivity contribution in [2.24, 2.45) is 0 Å². The van der Waals surface area contributed by atoms with Crippen molar-refractivity contribution in [3.63, 3.8) is 0 Å². The number of amides is 1. The molecule has 5 aromatic heterocycles. The topological polar surface area (TPSA) is 118 Å². The summed E-state index contributed by atoms with van der Waals surface area (Å²) < 4.78 is 21.4. The van der Waals surface area contributed by atoms with Gasteiger partial charge < -0.3 is 14.3 Å². The van der Waals surface area contributed by atoms with E-state index >= 15 is 0 Å². The maximum atomic E-state index is 14.1. The van der Waals surface area contributed by atoms with Crippen LogP contribution < -0.4 is 0 Å². The van der Waals surface area contributed by atoms with E-state index in [1.165, 1.54) is 18.3 Å². The average Bonchev–Trinajstić information content (AvgIpc) is 3.57. The number of nitrogens with zero attached hydrogens (tertiary/aromatic N) is 7.